The molecule has 3 fully saturated rings. The Morgan fingerprint density at radius 1 is 1.32 bits per heavy atom. The first-order valence-corrected chi connectivity index (χ1v) is 10.5. The fourth-order valence-corrected chi connectivity index (χ4v) is 5.64. The number of carbonyl (C=O) groups is 2. The molecule has 0 unspecified atom stereocenters. The van der Waals surface area contributed by atoms with Crippen LogP contribution in [0.1, 0.15) is 38.2 Å². The molecule has 3 saturated heterocycles. The molecule has 3 aliphatic rings. The number of halogens is 2. The molecule has 3 heterocycles. The number of fused-ring (bicyclic) bond motifs is 4. The van der Waals surface area contributed by atoms with E-state index in [0.29, 0.717) is 36.0 Å². The number of rotatable bonds is 4. The van der Waals surface area contributed by atoms with E-state index in [0.717, 1.165) is 32.4 Å². The molecule has 2 bridgehead atoms. The molecule has 1 N–H and O–H groups in total. The zero-order valence-corrected chi connectivity index (χ0v) is 16.9. The van der Waals surface area contributed by atoms with Gasteiger partial charge in [-0.25, -0.2) is 4.39 Å². The van der Waals surface area contributed by atoms with E-state index in [9.17, 15) is 14.0 Å². The molecule has 2 amide bonds. The predicted molar refractivity (Wildman–Crippen MR) is 105 cm³/mol. The lowest BCUT2D eigenvalue weighted by atomic mass is 9.72. The second kappa shape index (κ2) is 7.99. The maximum Gasteiger partial charge on any atom is 0.223 e. The third-order valence-corrected chi connectivity index (χ3v) is 6.93. The highest BCUT2D eigenvalue weighted by atomic mass is 35.5. The van der Waals surface area contributed by atoms with E-state index in [-0.39, 0.29) is 35.6 Å². The van der Waals surface area contributed by atoms with E-state index in [4.69, 9.17) is 11.6 Å². The molecule has 1 aromatic carbocycles. The van der Waals surface area contributed by atoms with Gasteiger partial charge in [0.05, 0.1) is 6.04 Å². The van der Waals surface area contributed by atoms with E-state index >= 15 is 0 Å². The summed E-state index contributed by atoms with van der Waals surface area (Å²) in [7, 11) is 0. The molecular formula is C21H27ClFN3O2. The topological polar surface area (TPSA) is 52.7 Å². The maximum atomic E-state index is 14.3. The zero-order valence-electron chi connectivity index (χ0n) is 16.2. The number of nitrogens with one attached hydrogen (secondary N) is 1. The van der Waals surface area contributed by atoms with E-state index in [1.165, 1.54) is 13.0 Å². The Bertz CT molecular complexity index is 754. The molecule has 1 aromatic rings. The van der Waals surface area contributed by atoms with Crippen LogP contribution < -0.4 is 5.32 Å². The van der Waals surface area contributed by atoms with E-state index in [1.54, 1.807) is 12.1 Å². The molecule has 152 valence electrons. The largest absolute Gasteiger partial charge is 0.354 e. The summed E-state index contributed by atoms with van der Waals surface area (Å²) in [6.45, 7) is 4.11. The van der Waals surface area contributed by atoms with Gasteiger partial charge in [0.1, 0.15) is 5.82 Å². The Hall–Kier alpha value is -1.66. The van der Waals surface area contributed by atoms with Crippen LogP contribution in [0.25, 0.3) is 0 Å². The average molecular weight is 408 g/mol. The van der Waals surface area contributed by atoms with Crippen molar-refractivity contribution in [1.29, 1.82) is 0 Å². The number of amides is 2. The minimum absolute atomic E-state index is 0.0110. The van der Waals surface area contributed by atoms with Crippen LogP contribution in [0, 0.1) is 17.7 Å². The van der Waals surface area contributed by atoms with Crippen molar-refractivity contribution in [2.75, 3.05) is 19.6 Å². The summed E-state index contributed by atoms with van der Waals surface area (Å²) >= 11 is 6.25. The van der Waals surface area contributed by atoms with Gasteiger partial charge in [-0.05, 0) is 43.2 Å². The van der Waals surface area contributed by atoms with Crippen molar-refractivity contribution in [3.63, 3.8) is 0 Å². The molecule has 0 aromatic heterocycles. The smallest absolute Gasteiger partial charge is 0.223 e. The summed E-state index contributed by atoms with van der Waals surface area (Å²) in [6, 6.07) is 5.03. The van der Waals surface area contributed by atoms with E-state index in [2.05, 4.69) is 15.1 Å². The molecule has 5 nitrogen and oxygen atoms in total. The van der Waals surface area contributed by atoms with Gasteiger partial charge in [0.2, 0.25) is 11.8 Å². The van der Waals surface area contributed by atoms with Crippen molar-refractivity contribution in [3.05, 3.63) is 34.6 Å². The highest BCUT2D eigenvalue weighted by Gasteiger charge is 2.49. The van der Waals surface area contributed by atoms with Crippen molar-refractivity contribution in [1.82, 2.24) is 15.1 Å². The zero-order chi connectivity index (χ0) is 19.8. The van der Waals surface area contributed by atoms with Gasteiger partial charge in [-0.15, -0.1) is 0 Å². The van der Waals surface area contributed by atoms with Gasteiger partial charge in [-0.2, -0.15) is 0 Å². The SMILES string of the molecule is CC(=O)NC[C@H]1[C@H]2C[C@H](CN(Cc3c(F)cccc3Cl)C2)[C@@H]2CCCC(=O)N21. The Morgan fingerprint density at radius 3 is 2.86 bits per heavy atom. The van der Waals surface area contributed by atoms with Gasteiger partial charge < -0.3 is 10.2 Å². The molecular weight excluding hydrogens is 381 g/mol. The van der Waals surface area contributed by atoms with Crippen molar-refractivity contribution < 1.29 is 14.0 Å². The summed E-state index contributed by atoms with van der Waals surface area (Å²) in [5.41, 5.74) is 0.541. The van der Waals surface area contributed by atoms with Crippen LogP contribution in [0.2, 0.25) is 5.02 Å². The van der Waals surface area contributed by atoms with Gasteiger partial charge in [-0.3, -0.25) is 14.5 Å². The molecule has 0 radical (unpaired) electrons. The summed E-state index contributed by atoms with van der Waals surface area (Å²) < 4.78 is 14.3. The highest BCUT2D eigenvalue weighted by molar-refractivity contribution is 6.31. The van der Waals surface area contributed by atoms with Gasteiger partial charge >= 0.3 is 0 Å². The Morgan fingerprint density at radius 2 is 2.11 bits per heavy atom. The first-order valence-electron chi connectivity index (χ1n) is 10.1. The van der Waals surface area contributed by atoms with Crippen LogP contribution in [-0.2, 0) is 16.1 Å². The number of hydrogen-bond acceptors (Lipinski definition) is 3. The fourth-order valence-electron chi connectivity index (χ4n) is 5.42. The lowest BCUT2D eigenvalue weighted by molar-refractivity contribution is -0.153. The molecule has 0 spiro atoms. The number of piperidine rings is 3. The first-order chi connectivity index (χ1) is 13.4. The minimum Gasteiger partial charge on any atom is -0.354 e. The third kappa shape index (κ3) is 3.77. The van der Waals surface area contributed by atoms with Gasteiger partial charge in [0, 0.05) is 56.2 Å². The molecule has 0 aliphatic carbocycles. The third-order valence-electron chi connectivity index (χ3n) is 6.58. The van der Waals surface area contributed by atoms with Crippen molar-refractivity contribution in [2.45, 2.75) is 51.2 Å². The highest BCUT2D eigenvalue weighted by Crippen LogP contribution is 2.42. The van der Waals surface area contributed by atoms with Gasteiger partial charge in [0.25, 0.3) is 0 Å². The lowest BCUT2D eigenvalue weighted by Crippen LogP contribution is -2.66. The van der Waals surface area contributed by atoms with Crippen LogP contribution in [0.5, 0.6) is 0 Å². The Balaban J connectivity index is 1.56. The first kappa shape index (κ1) is 19.6. The second-order valence-electron chi connectivity index (χ2n) is 8.42. The maximum absolute atomic E-state index is 14.3. The lowest BCUT2D eigenvalue weighted by Gasteiger charge is -2.56. The van der Waals surface area contributed by atoms with Crippen molar-refractivity contribution in [2.24, 2.45) is 11.8 Å². The fraction of sp³-hybridized carbons (Fsp3) is 0.619. The molecule has 0 saturated carbocycles. The van der Waals surface area contributed by atoms with Crippen molar-refractivity contribution >= 4 is 23.4 Å². The van der Waals surface area contributed by atoms with Crippen molar-refractivity contribution in [3.8, 4) is 0 Å². The molecule has 28 heavy (non-hydrogen) atoms. The monoisotopic (exact) mass is 407 g/mol. The number of benzene rings is 1. The quantitative estimate of drug-likeness (QED) is 0.835. The minimum atomic E-state index is -0.271. The summed E-state index contributed by atoms with van der Waals surface area (Å²) in [5, 5.41) is 3.38. The molecule has 7 heteroatoms. The normalized spacial score (nSPS) is 30.1. The van der Waals surface area contributed by atoms with Crippen LogP contribution >= 0.6 is 11.6 Å². The summed E-state index contributed by atoms with van der Waals surface area (Å²) in [5.74, 6) is 0.532. The number of likely N-dealkylation sites (tertiary alicyclic amines) is 1. The van der Waals surface area contributed by atoms with Crippen LogP contribution in [0.3, 0.4) is 0 Å². The standard InChI is InChI=1S/C21H27ClFN3O2/c1-13(27)24-9-20-15-8-14(19-6-3-7-21(28)26(19)20)10-25(11-15)12-16-17(22)4-2-5-18(16)23/h2,4-5,14-15,19-20H,3,6-12H2,1H3,(H,24,27)/t14-,15+,19+,20+/m1/s1. The summed E-state index contributed by atoms with van der Waals surface area (Å²) in [4.78, 5) is 28.6. The van der Waals surface area contributed by atoms with E-state index in [1.807, 2.05) is 0 Å². The van der Waals surface area contributed by atoms with Crippen LogP contribution in [0.4, 0.5) is 4.39 Å². The van der Waals surface area contributed by atoms with E-state index < -0.39 is 0 Å². The molecule has 4 rings (SSSR count). The second-order valence-corrected chi connectivity index (χ2v) is 8.82. The Labute approximate surface area is 170 Å². The molecule has 4 atom stereocenters. The summed E-state index contributed by atoms with van der Waals surface area (Å²) in [6.07, 6.45) is 3.59. The number of hydrogen-bond donors (Lipinski definition) is 1. The number of carbonyl (C=O) groups excluding carboxylic acids is 2. The predicted octanol–water partition coefficient (Wildman–Crippen LogP) is 2.82. The molecule has 3 aliphatic heterocycles. The van der Waals surface area contributed by atoms with Crippen LogP contribution in [0.15, 0.2) is 18.2 Å². The van der Waals surface area contributed by atoms with Crippen LogP contribution in [-0.4, -0.2) is 53.3 Å². The average Bonchev–Trinajstić information content (AvgIpc) is 2.65. The Kier molecular flexibility index (Phi) is 5.61. The van der Waals surface area contributed by atoms with Gasteiger partial charge in [0.15, 0.2) is 0 Å². The number of nitrogens with zero attached hydrogens (tertiary/aromatic N) is 2. The van der Waals surface area contributed by atoms with Gasteiger partial charge in [-0.1, -0.05) is 17.7 Å².